The molecule has 1 amide bonds. The van der Waals surface area contributed by atoms with E-state index in [4.69, 9.17) is 16.3 Å². The molecule has 7 heteroatoms. The molecular formula is C23H22ClN3O3. The first kappa shape index (κ1) is 20.3. The molecule has 0 N–H and O–H groups in total. The van der Waals surface area contributed by atoms with E-state index in [0.29, 0.717) is 40.1 Å². The highest BCUT2D eigenvalue weighted by molar-refractivity contribution is 6.29. The van der Waals surface area contributed by atoms with Gasteiger partial charge < -0.3 is 4.74 Å². The molecule has 1 aliphatic heterocycles. The van der Waals surface area contributed by atoms with Gasteiger partial charge in [0.25, 0.3) is 5.91 Å². The van der Waals surface area contributed by atoms with Crippen molar-refractivity contribution in [2.75, 3.05) is 4.90 Å². The summed E-state index contributed by atoms with van der Waals surface area (Å²) < 4.78 is 5.77. The molecule has 6 nitrogen and oxygen atoms in total. The minimum atomic E-state index is -0.857. The molecule has 0 saturated carbocycles. The molecule has 0 aliphatic carbocycles. The molecule has 0 radical (unpaired) electrons. The molecule has 1 atom stereocenters. The predicted molar refractivity (Wildman–Crippen MR) is 115 cm³/mol. The third kappa shape index (κ3) is 4.00. The second-order valence-electron chi connectivity index (χ2n) is 7.74. The molecule has 154 valence electrons. The summed E-state index contributed by atoms with van der Waals surface area (Å²) in [6.07, 6.45) is 1.14. The molecule has 4 rings (SSSR count). The number of aromatic nitrogens is 2. The summed E-state index contributed by atoms with van der Waals surface area (Å²) in [4.78, 5) is 35.8. The lowest BCUT2D eigenvalue weighted by molar-refractivity contribution is -0.149. The van der Waals surface area contributed by atoms with E-state index < -0.39 is 6.23 Å². The number of pyridine rings is 2. The summed E-state index contributed by atoms with van der Waals surface area (Å²) in [5.41, 5.74) is 1.57. The normalized spacial score (nSPS) is 15.7. The average molecular weight is 424 g/mol. The summed E-state index contributed by atoms with van der Waals surface area (Å²) in [5, 5.41) is 1.12. The van der Waals surface area contributed by atoms with Gasteiger partial charge in [-0.05, 0) is 42.7 Å². The maximum atomic E-state index is 13.1. The number of halogens is 1. The van der Waals surface area contributed by atoms with Crippen molar-refractivity contribution in [3.05, 3.63) is 64.8 Å². The lowest BCUT2D eigenvalue weighted by Crippen LogP contribution is -2.31. The van der Waals surface area contributed by atoms with Gasteiger partial charge in [0, 0.05) is 22.9 Å². The van der Waals surface area contributed by atoms with Crippen molar-refractivity contribution in [3.63, 3.8) is 0 Å². The number of ether oxygens (including phenoxy) is 1. The Balaban J connectivity index is 1.66. The molecule has 3 aromatic rings. The Morgan fingerprint density at radius 2 is 1.90 bits per heavy atom. The Morgan fingerprint density at radius 3 is 2.70 bits per heavy atom. The van der Waals surface area contributed by atoms with E-state index in [-0.39, 0.29) is 11.9 Å². The van der Waals surface area contributed by atoms with E-state index in [0.717, 1.165) is 18.2 Å². The zero-order valence-electron chi connectivity index (χ0n) is 16.8. The molecule has 1 unspecified atom stereocenters. The Hall–Kier alpha value is -2.99. The van der Waals surface area contributed by atoms with Gasteiger partial charge in [0.15, 0.2) is 5.65 Å². The van der Waals surface area contributed by atoms with Crippen LogP contribution in [0.5, 0.6) is 0 Å². The number of amides is 1. The van der Waals surface area contributed by atoms with Gasteiger partial charge in [0.05, 0.1) is 0 Å². The standard InChI is InChI=1S/C23H22ClN3O3/c1-14(2)6-5-9-20(28)30-23-17-8-4-3-7-16(17)22(29)27(23)19-13-11-15-10-12-18(24)25-21(15)26-19/h3-4,7-8,10-14,23H,5-6,9H2,1-2H3. The fourth-order valence-corrected chi connectivity index (χ4v) is 3.70. The number of nitrogens with zero attached hydrogens (tertiary/aromatic N) is 3. The first-order valence-corrected chi connectivity index (χ1v) is 10.4. The fraction of sp³-hybridized carbons (Fsp3) is 0.304. The van der Waals surface area contributed by atoms with Gasteiger partial charge in [-0.2, -0.15) is 0 Å². The highest BCUT2D eigenvalue weighted by Crippen LogP contribution is 2.38. The summed E-state index contributed by atoms with van der Waals surface area (Å²) >= 11 is 6.00. The number of carbonyl (C=O) groups excluding carboxylic acids is 2. The number of fused-ring (bicyclic) bond motifs is 2. The van der Waals surface area contributed by atoms with Gasteiger partial charge in [-0.15, -0.1) is 0 Å². The van der Waals surface area contributed by atoms with Crippen LogP contribution in [0.25, 0.3) is 11.0 Å². The maximum absolute atomic E-state index is 13.1. The van der Waals surface area contributed by atoms with Crippen molar-refractivity contribution in [1.82, 2.24) is 9.97 Å². The van der Waals surface area contributed by atoms with E-state index in [1.807, 2.05) is 18.2 Å². The van der Waals surface area contributed by atoms with Gasteiger partial charge in [0.1, 0.15) is 11.0 Å². The van der Waals surface area contributed by atoms with Crippen LogP contribution < -0.4 is 4.90 Å². The molecule has 0 spiro atoms. The number of carbonyl (C=O) groups is 2. The van der Waals surface area contributed by atoms with Crippen molar-refractivity contribution in [2.45, 2.75) is 39.3 Å². The third-order valence-corrected chi connectivity index (χ3v) is 5.28. The second kappa shape index (κ2) is 8.40. The lowest BCUT2D eigenvalue weighted by atomic mass is 10.1. The molecule has 0 saturated heterocycles. The van der Waals surface area contributed by atoms with Crippen molar-refractivity contribution in [1.29, 1.82) is 0 Å². The number of hydrogen-bond donors (Lipinski definition) is 0. The Kier molecular flexibility index (Phi) is 5.68. The minimum Gasteiger partial charge on any atom is -0.437 e. The molecule has 0 bridgehead atoms. The number of anilines is 1. The van der Waals surface area contributed by atoms with Crippen LogP contribution in [-0.2, 0) is 9.53 Å². The molecule has 3 heterocycles. The second-order valence-corrected chi connectivity index (χ2v) is 8.13. The Bertz CT molecular complexity index is 1120. The van der Waals surface area contributed by atoms with E-state index in [1.165, 1.54) is 4.90 Å². The first-order valence-electron chi connectivity index (χ1n) is 9.99. The van der Waals surface area contributed by atoms with Crippen LogP contribution in [0, 0.1) is 5.92 Å². The topological polar surface area (TPSA) is 72.4 Å². The van der Waals surface area contributed by atoms with Gasteiger partial charge in [0.2, 0.25) is 6.23 Å². The largest absolute Gasteiger partial charge is 0.437 e. The summed E-state index contributed by atoms with van der Waals surface area (Å²) in [6, 6.07) is 14.2. The highest BCUT2D eigenvalue weighted by Gasteiger charge is 2.40. The predicted octanol–water partition coefficient (Wildman–Crippen LogP) is 5.31. The zero-order valence-corrected chi connectivity index (χ0v) is 17.6. The minimum absolute atomic E-state index is 0.264. The molecular weight excluding hydrogens is 402 g/mol. The Morgan fingerprint density at radius 1 is 1.13 bits per heavy atom. The van der Waals surface area contributed by atoms with Crippen LogP contribution in [0.4, 0.5) is 5.82 Å². The summed E-state index contributed by atoms with van der Waals surface area (Å²) in [7, 11) is 0. The molecule has 2 aromatic heterocycles. The van der Waals surface area contributed by atoms with Crippen LogP contribution in [0.1, 0.15) is 55.3 Å². The molecule has 30 heavy (non-hydrogen) atoms. The molecule has 1 aliphatic rings. The smallest absolute Gasteiger partial charge is 0.307 e. The third-order valence-electron chi connectivity index (χ3n) is 5.07. The van der Waals surface area contributed by atoms with Gasteiger partial charge >= 0.3 is 5.97 Å². The van der Waals surface area contributed by atoms with E-state index in [9.17, 15) is 9.59 Å². The van der Waals surface area contributed by atoms with Crippen LogP contribution in [0.15, 0.2) is 48.5 Å². The summed E-state index contributed by atoms with van der Waals surface area (Å²) in [6.45, 7) is 4.23. The SMILES string of the molecule is CC(C)CCCC(=O)OC1c2ccccc2C(=O)N1c1ccc2ccc(Cl)nc2n1. The van der Waals surface area contributed by atoms with Crippen LogP contribution in [-0.4, -0.2) is 21.8 Å². The molecule has 0 fully saturated rings. The maximum Gasteiger partial charge on any atom is 0.307 e. The highest BCUT2D eigenvalue weighted by atomic mass is 35.5. The van der Waals surface area contributed by atoms with E-state index >= 15 is 0 Å². The Labute approximate surface area is 179 Å². The number of benzene rings is 1. The van der Waals surface area contributed by atoms with Crippen molar-refractivity contribution >= 4 is 40.3 Å². The van der Waals surface area contributed by atoms with Crippen LogP contribution in [0.3, 0.4) is 0 Å². The van der Waals surface area contributed by atoms with E-state index in [1.54, 1.807) is 30.3 Å². The first-order chi connectivity index (χ1) is 14.4. The number of hydrogen-bond acceptors (Lipinski definition) is 5. The lowest BCUT2D eigenvalue weighted by Gasteiger charge is -2.24. The number of esters is 1. The van der Waals surface area contributed by atoms with Crippen molar-refractivity contribution < 1.29 is 14.3 Å². The zero-order chi connectivity index (χ0) is 21.3. The van der Waals surface area contributed by atoms with Gasteiger partial charge in [-0.1, -0.05) is 50.1 Å². The van der Waals surface area contributed by atoms with Gasteiger partial charge in [-0.25, -0.2) is 9.97 Å². The fourth-order valence-electron chi connectivity index (χ4n) is 3.56. The average Bonchev–Trinajstić information content (AvgIpc) is 2.99. The van der Waals surface area contributed by atoms with Crippen molar-refractivity contribution in [3.8, 4) is 0 Å². The van der Waals surface area contributed by atoms with Gasteiger partial charge in [-0.3, -0.25) is 14.5 Å². The van der Waals surface area contributed by atoms with Crippen molar-refractivity contribution in [2.24, 2.45) is 5.92 Å². The monoisotopic (exact) mass is 423 g/mol. The van der Waals surface area contributed by atoms with Crippen LogP contribution in [0.2, 0.25) is 5.15 Å². The molecule has 1 aromatic carbocycles. The van der Waals surface area contributed by atoms with Crippen LogP contribution >= 0.6 is 11.6 Å². The number of rotatable bonds is 6. The quantitative estimate of drug-likeness (QED) is 0.396. The summed E-state index contributed by atoms with van der Waals surface area (Å²) in [5.74, 6) is 0.277. The van der Waals surface area contributed by atoms with E-state index in [2.05, 4.69) is 23.8 Å².